The minimum Gasteiger partial charge on any atom is -0.259 e. The van der Waals surface area contributed by atoms with Gasteiger partial charge in [0.25, 0.3) is 0 Å². The van der Waals surface area contributed by atoms with E-state index in [1.54, 1.807) is 0 Å². The van der Waals surface area contributed by atoms with Crippen molar-refractivity contribution in [2.45, 2.75) is 38.9 Å². The molecule has 0 amide bonds. The van der Waals surface area contributed by atoms with E-state index in [2.05, 4.69) is 13.8 Å². The second kappa shape index (κ2) is 4.98. The van der Waals surface area contributed by atoms with Crippen LogP contribution in [0.3, 0.4) is 0 Å². The summed E-state index contributed by atoms with van der Waals surface area (Å²) in [5.74, 6) is 0.807. The Morgan fingerprint density at radius 3 is 2.33 bits per heavy atom. The van der Waals surface area contributed by atoms with Gasteiger partial charge in [0.1, 0.15) is 0 Å². The predicted octanol–water partition coefficient (Wildman–Crippen LogP) is 1.94. The first-order valence-corrected chi connectivity index (χ1v) is 4.97. The van der Waals surface area contributed by atoms with Crippen LogP contribution in [0.25, 0.3) is 0 Å². The van der Waals surface area contributed by atoms with Crippen molar-refractivity contribution in [3.05, 3.63) is 0 Å². The molecule has 0 aliphatic heterocycles. The molecule has 0 N–H and O–H groups in total. The summed E-state index contributed by atoms with van der Waals surface area (Å²) in [5.41, 5.74) is 0. The van der Waals surface area contributed by atoms with E-state index in [4.69, 9.17) is 0 Å². The maximum atomic E-state index is 11.0. The van der Waals surface area contributed by atoms with Gasteiger partial charge in [-0.1, -0.05) is 27.2 Å². The molecule has 0 rings (SSSR count). The Kier molecular flexibility index (Phi) is 5.06. The molecule has 0 fully saturated rings. The fraction of sp³-hybridized carbons (Fsp3) is 1.00. The summed E-state index contributed by atoms with van der Waals surface area (Å²) in [6.07, 6.45) is 2.24. The molecule has 0 bridgehead atoms. The van der Waals surface area contributed by atoms with Gasteiger partial charge in [-0.05, 0) is 6.42 Å². The van der Waals surface area contributed by atoms with E-state index in [0.29, 0.717) is 5.25 Å². The van der Waals surface area contributed by atoms with Crippen LogP contribution in [0.5, 0.6) is 0 Å². The monoisotopic (exact) mass is 148 g/mol. The topological polar surface area (TPSA) is 17.1 Å². The Morgan fingerprint density at radius 1 is 1.44 bits per heavy atom. The smallest absolute Gasteiger partial charge is 0.0319 e. The molecule has 0 radical (unpaired) electrons. The third-order valence-electron chi connectivity index (χ3n) is 1.43. The van der Waals surface area contributed by atoms with Crippen molar-refractivity contribution in [1.29, 1.82) is 0 Å². The predicted molar refractivity (Wildman–Crippen MR) is 43.1 cm³/mol. The highest BCUT2D eigenvalue weighted by atomic mass is 32.2. The average molecular weight is 148 g/mol. The molecule has 0 aliphatic carbocycles. The van der Waals surface area contributed by atoms with Crippen LogP contribution < -0.4 is 0 Å². The highest BCUT2D eigenvalue weighted by molar-refractivity contribution is 7.85. The van der Waals surface area contributed by atoms with E-state index in [0.717, 1.165) is 18.6 Å². The lowest BCUT2D eigenvalue weighted by atomic mass is 10.3. The maximum absolute atomic E-state index is 11.0. The molecule has 0 saturated heterocycles. The third-order valence-corrected chi connectivity index (χ3v) is 3.13. The van der Waals surface area contributed by atoms with Gasteiger partial charge in [0.05, 0.1) is 0 Å². The molecule has 56 valence electrons. The van der Waals surface area contributed by atoms with Crippen molar-refractivity contribution in [3.63, 3.8) is 0 Å². The Balaban J connectivity index is 3.45. The fourth-order valence-electron chi connectivity index (χ4n) is 0.822. The van der Waals surface area contributed by atoms with Gasteiger partial charge in [-0.3, -0.25) is 4.21 Å². The lowest BCUT2D eigenvalue weighted by molar-refractivity contribution is 0.663. The van der Waals surface area contributed by atoms with Crippen LogP contribution in [0.4, 0.5) is 0 Å². The molecule has 0 aromatic carbocycles. The molecule has 9 heavy (non-hydrogen) atoms. The molecule has 0 aliphatic rings. The Hall–Kier alpha value is 0.150. The zero-order chi connectivity index (χ0) is 7.28. The number of hydrogen-bond donors (Lipinski definition) is 0. The molecule has 2 heteroatoms. The van der Waals surface area contributed by atoms with Crippen LogP contribution in [0.2, 0.25) is 0 Å². The van der Waals surface area contributed by atoms with E-state index >= 15 is 0 Å². The summed E-state index contributed by atoms with van der Waals surface area (Å²) in [6, 6.07) is 0. The van der Waals surface area contributed by atoms with Crippen molar-refractivity contribution in [3.8, 4) is 0 Å². The summed E-state index contributed by atoms with van der Waals surface area (Å²) in [5, 5.41) is 0.403. The van der Waals surface area contributed by atoms with Crippen LogP contribution >= 0.6 is 0 Å². The van der Waals surface area contributed by atoms with E-state index < -0.39 is 10.8 Å². The largest absolute Gasteiger partial charge is 0.259 e. The number of hydrogen-bond acceptors (Lipinski definition) is 1. The van der Waals surface area contributed by atoms with E-state index in [1.165, 1.54) is 0 Å². The van der Waals surface area contributed by atoms with Crippen molar-refractivity contribution in [2.75, 3.05) is 5.75 Å². The molecule has 0 saturated carbocycles. The van der Waals surface area contributed by atoms with Crippen molar-refractivity contribution in [2.24, 2.45) is 0 Å². The molecule has 2 unspecified atom stereocenters. The molecule has 0 heterocycles. The summed E-state index contributed by atoms with van der Waals surface area (Å²) in [7, 11) is -0.572. The maximum Gasteiger partial charge on any atom is 0.0319 e. The van der Waals surface area contributed by atoms with Crippen LogP contribution in [0.1, 0.15) is 33.6 Å². The summed E-state index contributed by atoms with van der Waals surface area (Å²) in [6.45, 7) is 6.16. The van der Waals surface area contributed by atoms with Crippen LogP contribution in [-0.2, 0) is 10.8 Å². The van der Waals surface area contributed by atoms with E-state index in [9.17, 15) is 4.21 Å². The minimum atomic E-state index is -0.572. The minimum absolute atomic E-state index is 0.403. The molecule has 0 spiro atoms. The standard InChI is InChI=1S/C7H16OS/c1-4-6-7(3)9(8)5-2/h7H,4-6H2,1-3H3. The Morgan fingerprint density at radius 2 is 2.00 bits per heavy atom. The zero-order valence-electron chi connectivity index (χ0n) is 6.52. The first-order valence-electron chi connectivity index (χ1n) is 3.59. The van der Waals surface area contributed by atoms with Crippen LogP contribution in [-0.4, -0.2) is 15.2 Å². The lowest BCUT2D eigenvalue weighted by Gasteiger charge is -2.06. The van der Waals surface area contributed by atoms with Crippen LogP contribution in [0, 0.1) is 0 Å². The second-order valence-electron chi connectivity index (χ2n) is 2.27. The summed E-state index contributed by atoms with van der Waals surface area (Å²) in [4.78, 5) is 0. The van der Waals surface area contributed by atoms with Gasteiger partial charge in [-0.15, -0.1) is 0 Å². The number of rotatable bonds is 4. The first kappa shape index (κ1) is 9.15. The lowest BCUT2D eigenvalue weighted by Crippen LogP contribution is -2.11. The normalized spacial score (nSPS) is 17.2. The van der Waals surface area contributed by atoms with Gasteiger partial charge in [0.2, 0.25) is 0 Å². The molecule has 0 aromatic rings. The molecule has 2 atom stereocenters. The van der Waals surface area contributed by atoms with Gasteiger partial charge >= 0.3 is 0 Å². The molecular weight excluding hydrogens is 132 g/mol. The van der Waals surface area contributed by atoms with Crippen molar-refractivity contribution >= 4 is 10.8 Å². The summed E-state index contributed by atoms with van der Waals surface area (Å²) < 4.78 is 11.0. The highest BCUT2D eigenvalue weighted by Crippen LogP contribution is 2.03. The Labute approximate surface area is 60.3 Å². The van der Waals surface area contributed by atoms with Gasteiger partial charge in [0.15, 0.2) is 0 Å². The van der Waals surface area contributed by atoms with Crippen molar-refractivity contribution < 1.29 is 4.21 Å². The van der Waals surface area contributed by atoms with Crippen molar-refractivity contribution in [1.82, 2.24) is 0 Å². The summed E-state index contributed by atoms with van der Waals surface area (Å²) >= 11 is 0. The van der Waals surface area contributed by atoms with Gasteiger partial charge in [-0.25, -0.2) is 0 Å². The zero-order valence-corrected chi connectivity index (χ0v) is 7.33. The molecule has 0 aromatic heterocycles. The van der Waals surface area contributed by atoms with E-state index in [-0.39, 0.29) is 0 Å². The first-order chi connectivity index (χ1) is 4.22. The highest BCUT2D eigenvalue weighted by Gasteiger charge is 2.05. The third kappa shape index (κ3) is 3.68. The Bertz CT molecular complexity index is 90.9. The SMILES string of the molecule is CCCC(C)S(=O)CC. The molecule has 1 nitrogen and oxygen atoms in total. The fourth-order valence-corrected chi connectivity index (χ4v) is 1.89. The van der Waals surface area contributed by atoms with Gasteiger partial charge < -0.3 is 0 Å². The van der Waals surface area contributed by atoms with Crippen LogP contribution in [0.15, 0.2) is 0 Å². The average Bonchev–Trinajstić information content (AvgIpc) is 1.87. The van der Waals surface area contributed by atoms with E-state index in [1.807, 2.05) is 6.92 Å². The molecular formula is C7H16OS. The van der Waals surface area contributed by atoms with Gasteiger partial charge in [-0.2, -0.15) is 0 Å². The quantitative estimate of drug-likeness (QED) is 0.595. The second-order valence-corrected chi connectivity index (χ2v) is 4.41. The van der Waals surface area contributed by atoms with Gasteiger partial charge in [0, 0.05) is 21.8 Å².